The van der Waals surface area contributed by atoms with E-state index in [1.54, 1.807) is 0 Å². The summed E-state index contributed by atoms with van der Waals surface area (Å²) in [6, 6.07) is 8.82. The van der Waals surface area contributed by atoms with Gasteiger partial charge in [-0.3, -0.25) is 0 Å². The molecule has 3 heteroatoms. The molecule has 3 nitrogen and oxygen atoms in total. The van der Waals surface area contributed by atoms with E-state index in [-0.39, 0.29) is 0 Å². The third-order valence-electron chi connectivity index (χ3n) is 4.83. The molecule has 0 spiro atoms. The van der Waals surface area contributed by atoms with Crippen LogP contribution in [0.1, 0.15) is 39.9 Å². The van der Waals surface area contributed by atoms with Crippen LogP contribution in [0.25, 0.3) is 11.0 Å². The van der Waals surface area contributed by atoms with E-state index in [0.717, 1.165) is 17.8 Å². The van der Waals surface area contributed by atoms with E-state index in [4.69, 9.17) is 4.98 Å². The minimum atomic E-state index is 0.349. The van der Waals surface area contributed by atoms with Crippen molar-refractivity contribution in [3.05, 3.63) is 30.1 Å². The smallest absolute Gasteiger partial charge is 0.111 e. The second kappa shape index (κ2) is 6.18. The lowest BCUT2D eigenvalue weighted by molar-refractivity contribution is 0.224. The van der Waals surface area contributed by atoms with Gasteiger partial charge in [0.25, 0.3) is 0 Å². The zero-order chi connectivity index (χ0) is 15.6. The Morgan fingerprint density at radius 1 is 1.24 bits per heavy atom. The summed E-state index contributed by atoms with van der Waals surface area (Å²) in [4.78, 5) is 4.79. The molecular formula is C18H29N3. The number of nitrogens with one attached hydrogen (secondary N) is 1. The van der Waals surface area contributed by atoms with Gasteiger partial charge < -0.3 is 9.88 Å². The monoisotopic (exact) mass is 287 g/mol. The molecule has 0 fully saturated rings. The molecule has 2 aromatic rings. The van der Waals surface area contributed by atoms with Gasteiger partial charge in [0.05, 0.1) is 11.0 Å². The lowest BCUT2D eigenvalue weighted by Crippen LogP contribution is -2.33. The standard InChI is InChI=1S/C18H29N3/c1-13(18(2,3)4)11-14(19-5)12-17-20-15-9-7-8-10-16(15)21(17)6/h7-10,13-14,19H,11-12H2,1-6H3. The summed E-state index contributed by atoms with van der Waals surface area (Å²) >= 11 is 0. The first-order chi connectivity index (χ1) is 9.82. The zero-order valence-electron chi connectivity index (χ0n) is 14.3. The molecule has 0 saturated carbocycles. The fourth-order valence-corrected chi connectivity index (χ4v) is 2.68. The van der Waals surface area contributed by atoms with Gasteiger partial charge in [-0.2, -0.15) is 0 Å². The van der Waals surface area contributed by atoms with Crippen molar-refractivity contribution in [2.75, 3.05) is 7.05 Å². The fourth-order valence-electron chi connectivity index (χ4n) is 2.68. The van der Waals surface area contributed by atoms with Crippen LogP contribution in [0, 0.1) is 11.3 Å². The number of rotatable bonds is 5. The summed E-state index contributed by atoms with van der Waals surface area (Å²) < 4.78 is 2.22. The van der Waals surface area contributed by atoms with Gasteiger partial charge in [-0.25, -0.2) is 4.98 Å². The molecule has 21 heavy (non-hydrogen) atoms. The third kappa shape index (κ3) is 3.65. The zero-order valence-corrected chi connectivity index (χ0v) is 14.3. The van der Waals surface area contributed by atoms with Gasteiger partial charge in [-0.05, 0) is 36.9 Å². The van der Waals surface area contributed by atoms with Crippen molar-refractivity contribution in [2.24, 2.45) is 18.4 Å². The van der Waals surface area contributed by atoms with E-state index in [0.29, 0.717) is 17.4 Å². The number of para-hydroxylation sites is 2. The van der Waals surface area contributed by atoms with E-state index in [1.165, 1.54) is 11.9 Å². The van der Waals surface area contributed by atoms with Gasteiger partial charge in [0.15, 0.2) is 0 Å². The van der Waals surface area contributed by atoms with E-state index in [1.807, 2.05) is 0 Å². The molecule has 2 atom stereocenters. The van der Waals surface area contributed by atoms with Gasteiger partial charge in [0.1, 0.15) is 5.82 Å². The van der Waals surface area contributed by atoms with Crippen LogP contribution in [0.4, 0.5) is 0 Å². The highest BCUT2D eigenvalue weighted by Crippen LogP contribution is 2.29. The highest BCUT2D eigenvalue weighted by molar-refractivity contribution is 5.75. The van der Waals surface area contributed by atoms with Gasteiger partial charge in [0, 0.05) is 19.5 Å². The molecule has 0 saturated heterocycles. The topological polar surface area (TPSA) is 29.9 Å². The first-order valence-corrected chi connectivity index (χ1v) is 7.90. The van der Waals surface area contributed by atoms with Gasteiger partial charge in [-0.15, -0.1) is 0 Å². The number of benzene rings is 1. The molecule has 1 heterocycles. The van der Waals surface area contributed by atoms with E-state index in [9.17, 15) is 0 Å². The van der Waals surface area contributed by atoms with Crippen LogP contribution in [-0.2, 0) is 13.5 Å². The summed E-state index contributed by atoms with van der Waals surface area (Å²) in [5, 5.41) is 3.47. The van der Waals surface area contributed by atoms with Crippen molar-refractivity contribution in [1.82, 2.24) is 14.9 Å². The molecular weight excluding hydrogens is 258 g/mol. The van der Waals surface area contributed by atoms with Crippen LogP contribution in [0.15, 0.2) is 24.3 Å². The number of likely N-dealkylation sites (N-methyl/N-ethyl adjacent to an activating group) is 1. The number of nitrogens with zero attached hydrogens (tertiary/aromatic N) is 2. The van der Waals surface area contributed by atoms with Crippen molar-refractivity contribution >= 4 is 11.0 Å². The van der Waals surface area contributed by atoms with Crippen molar-refractivity contribution in [1.29, 1.82) is 0 Å². The SMILES string of the molecule is CNC(Cc1nc2ccccc2n1C)CC(C)C(C)(C)C. The van der Waals surface area contributed by atoms with Crippen molar-refractivity contribution in [2.45, 2.75) is 46.6 Å². The lowest BCUT2D eigenvalue weighted by atomic mass is 9.78. The molecule has 0 aliphatic carbocycles. The fraction of sp³-hybridized carbons (Fsp3) is 0.611. The molecule has 0 amide bonds. The maximum absolute atomic E-state index is 4.79. The summed E-state index contributed by atoms with van der Waals surface area (Å²) in [5.74, 6) is 1.83. The molecule has 0 radical (unpaired) electrons. The van der Waals surface area contributed by atoms with Crippen molar-refractivity contribution in [3.63, 3.8) is 0 Å². The Morgan fingerprint density at radius 3 is 2.48 bits per heavy atom. The number of imidazole rings is 1. The van der Waals surface area contributed by atoms with Crippen LogP contribution in [-0.4, -0.2) is 22.6 Å². The Hall–Kier alpha value is -1.35. The molecule has 2 rings (SSSR count). The van der Waals surface area contributed by atoms with E-state index < -0.39 is 0 Å². The molecule has 1 N–H and O–H groups in total. The van der Waals surface area contributed by atoms with Gasteiger partial charge in [-0.1, -0.05) is 39.8 Å². The quantitative estimate of drug-likeness (QED) is 0.907. The Balaban J connectivity index is 2.15. The molecule has 116 valence electrons. The lowest BCUT2D eigenvalue weighted by Gasteiger charge is -2.30. The highest BCUT2D eigenvalue weighted by Gasteiger charge is 2.24. The maximum atomic E-state index is 4.79. The number of fused-ring (bicyclic) bond motifs is 1. The predicted molar refractivity (Wildman–Crippen MR) is 90.5 cm³/mol. The summed E-state index contributed by atoms with van der Waals surface area (Å²) in [5.41, 5.74) is 2.65. The van der Waals surface area contributed by atoms with E-state index >= 15 is 0 Å². The van der Waals surface area contributed by atoms with Crippen LogP contribution in [0.2, 0.25) is 0 Å². The second-order valence-corrected chi connectivity index (χ2v) is 7.27. The third-order valence-corrected chi connectivity index (χ3v) is 4.83. The summed E-state index contributed by atoms with van der Waals surface area (Å²) in [7, 11) is 4.17. The van der Waals surface area contributed by atoms with Gasteiger partial charge >= 0.3 is 0 Å². The van der Waals surface area contributed by atoms with Crippen LogP contribution >= 0.6 is 0 Å². The van der Waals surface area contributed by atoms with Gasteiger partial charge in [0.2, 0.25) is 0 Å². The Kier molecular flexibility index (Phi) is 4.72. The first-order valence-electron chi connectivity index (χ1n) is 7.90. The average Bonchev–Trinajstić information content (AvgIpc) is 2.74. The summed E-state index contributed by atoms with van der Waals surface area (Å²) in [6.45, 7) is 9.30. The van der Waals surface area contributed by atoms with Crippen LogP contribution in [0.5, 0.6) is 0 Å². The molecule has 2 unspecified atom stereocenters. The summed E-state index contributed by atoms with van der Waals surface area (Å²) in [6.07, 6.45) is 2.14. The number of hydrogen-bond acceptors (Lipinski definition) is 2. The van der Waals surface area contributed by atoms with Crippen LogP contribution < -0.4 is 5.32 Å². The Labute approximate surface area is 128 Å². The minimum absolute atomic E-state index is 0.349. The minimum Gasteiger partial charge on any atom is -0.331 e. The number of hydrogen-bond donors (Lipinski definition) is 1. The molecule has 0 bridgehead atoms. The maximum Gasteiger partial charge on any atom is 0.111 e. The Morgan fingerprint density at radius 2 is 1.90 bits per heavy atom. The normalized spacial score (nSPS) is 15.3. The predicted octanol–water partition coefficient (Wildman–Crippen LogP) is 3.78. The van der Waals surface area contributed by atoms with E-state index in [2.05, 4.69) is 75.9 Å². The second-order valence-electron chi connectivity index (χ2n) is 7.27. The average molecular weight is 287 g/mol. The first kappa shape index (κ1) is 16.0. The van der Waals surface area contributed by atoms with Crippen LogP contribution in [0.3, 0.4) is 0 Å². The Bertz CT molecular complexity index is 592. The molecule has 1 aromatic heterocycles. The largest absolute Gasteiger partial charge is 0.331 e. The number of aryl methyl sites for hydroxylation is 1. The van der Waals surface area contributed by atoms with Crippen molar-refractivity contribution in [3.8, 4) is 0 Å². The number of aromatic nitrogens is 2. The molecule has 0 aliphatic heterocycles. The molecule has 1 aromatic carbocycles. The van der Waals surface area contributed by atoms with Crippen molar-refractivity contribution < 1.29 is 0 Å². The highest BCUT2D eigenvalue weighted by atomic mass is 15.1. The molecule has 0 aliphatic rings.